The summed E-state index contributed by atoms with van der Waals surface area (Å²) in [5.74, 6) is 0. The summed E-state index contributed by atoms with van der Waals surface area (Å²) in [5, 5.41) is 3.30. The van der Waals surface area contributed by atoms with E-state index in [2.05, 4.69) is 26.0 Å². The topological polar surface area (TPSA) is 30.7 Å². The van der Waals surface area contributed by atoms with Crippen molar-refractivity contribution in [3.05, 3.63) is 10.8 Å². The van der Waals surface area contributed by atoms with E-state index in [0.29, 0.717) is 4.73 Å². The minimum absolute atomic E-state index is 0.398. The summed E-state index contributed by atoms with van der Waals surface area (Å²) in [6, 6.07) is 0. The van der Waals surface area contributed by atoms with E-state index in [1.807, 2.05) is 0 Å². The van der Waals surface area contributed by atoms with Crippen LogP contribution in [0.2, 0.25) is 0 Å². The van der Waals surface area contributed by atoms with Crippen LogP contribution in [0.4, 0.5) is 4.39 Å². The van der Waals surface area contributed by atoms with Gasteiger partial charge in [0.25, 0.3) is 0 Å². The number of aryl methyl sites for hydroxylation is 1. The molecule has 0 spiro atoms. The maximum Gasteiger partial charge on any atom is 0.328 e. The van der Waals surface area contributed by atoms with E-state index in [0.717, 1.165) is 0 Å². The second kappa shape index (κ2) is 1.81. The standard InChI is InChI=1S/C3H3BrFN3/c1-8-2(4)6-3(5)7-8/h1H3. The minimum atomic E-state index is -0.709. The van der Waals surface area contributed by atoms with Crippen molar-refractivity contribution in [2.45, 2.75) is 0 Å². The molecule has 0 saturated carbocycles. The Morgan fingerprint density at radius 1 is 1.75 bits per heavy atom. The molecular formula is C3H3BrFN3. The van der Waals surface area contributed by atoms with Gasteiger partial charge in [-0.1, -0.05) is 0 Å². The lowest BCUT2D eigenvalue weighted by Gasteiger charge is -1.82. The third-order valence-electron chi connectivity index (χ3n) is 0.684. The van der Waals surface area contributed by atoms with Gasteiger partial charge in [0.05, 0.1) is 0 Å². The molecule has 0 fully saturated rings. The number of nitrogens with zero attached hydrogens (tertiary/aromatic N) is 3. The van der Waals surface area contributed by atoms with Crippen LogP contribution in [0.1, 0.15) is 0 Å². The first-order valence-corrected chi connectivity index (χ1v) is 2.71. The predicted molar refractivity (Wildman–Crippen MR) is 28.7 cm³/mol. The third kappa shape index (κ3) is 0.861. The zero-order valence-electron chi connectivity index (χ0n) is 4.10. The summed E-state index contributed by atoms with van der Waals surface area (Å²) in [5.41, 5.74) is 0. The lowest BCUT2D eigenvalue weighted by molar-refractivity contribution is 0.528. The van der Waals surface area contributed by atoms with Gasteiger partial charge in [-0.15, -0.1) is 5.10 Å². The van der Waals surface area contributed by atoms with Gasteiger partial charge in [-0.05, 0) is 15.9 Å². The molecule has 1 heterocycles. The summed E-state index contributed by atoms with van der Waals surface area (Å²) in [7, 11) is 1.60. The van der Waals surface area contributed by atoms with Crippen LogP contribution in [0.25, 0.3) is 0 Å². The molecule has 0 N–H and O–H groups in total. The molecule has 0 aliphatic carbocycles. The molecule has 0 aliphatic heterocycles. The monoisotopic (exact) mass is 179 g/mol. The summed E-state index contributed by atoms with van der Waals surface area (Å²) in [4.78, 5) is 3.31. The quantitative estimate of drug-likeness (QED) is 0.588. The molecule has 0 saturated heterocycles. The van der Waals surface area contributed by atoms with Crippen LogP contribution in [0.15, 0.2) is 4.73 Å². The number of hydrogen-bond acceptors (Lipinski definition) is 2. The zero-order chi connectivity index (χ0) is 6.15. The van der Waals surface area contributed by atoms with Crippen molar-refractivity contribution < 1.29 is 4.39 Å². The minimum Gasteiger partial charge on any atom is -0.241 e. The van der Waals surface area contributed by atoms with Crippen molar-refractivity contribution in [3.63, 3.8) is 0 Å². The first-order chi connectivity index (χ1) is 3.70. The molecule has 0 amide bonds. The Balaban J connectivity index is 3.14. The molecule has 1 aromatic heterocycles. The number of halogens is 2. The highest BCUT2D eigenvalue weighted by molar-refractivity contribution is 9.10. The van der Waals surface area contributed by atoms with Crippen molar-refractivity contribution >= 4 is 15.9 Å². The molecule has 8 heavy (non-hydrogen) atoms. The maximum atomic E-state index is 11.9. The van der Waals surface area contributed by atoms with Crippen molar-refractivity contribution in [2.75, 3.05) is 0 Å². The highest BCUT2D eigenvalue weighted by Gasteiger charge is 1.99. The van der Waals surface area contributed by atoms with Gasteiger partial charge < -0.3 is 0 Å². The van der Waals surface area contributed by atoms with Crippen molar-refractivity contribution in [1.29, 1.82) is 0 Å². The maximum absolute atomic E-state index is 11.9. The Morgan fingerprint density at radius 2 is 2.38 bits per heavy atom. The Kier molecular flexibility index (Phi) is 1.29. The highest BCUT2D eigenvalue weighted by Crippen LogP contribution is 2.01. The van der Waals surface area contributed by atoms with E-state index in [9.17, 15) is 4.39 Å². The normalized spacial score (nSPS) is 9.88. The Hall–Kier alpha value is -0.450. The predicted octanol–water partition coefficient (Wildman–Crippen LogP) is 0.717. The molecule has 3 nitrogen and oxygen atoms in total. The molecule has 5 heteroatoms. The highest BCUT2D eigenvalue weighted by atomic mass is 79.9. The molecule has 0 aliphatic rings. The molecule has 0 radical (unpaired) electrons. The van der Waals surface area contributed by atoms with Gasteiger partial charge in [0.2, 0.25) is 0 Å². The first-order valence-electron chi connectivity index (χ1n) is 1.92. The molecule has 1 rings (SSSR count). The van der Waals surface area contributed by atoms with Gasteiger partial charge in [0.1, 0.15) is 0 Å². The molecular weight excluding hydrogens is 177 g/mol. The summed E-state index contributed by atoms with van der Waals surface area (Å²) < 4.78 is 13.6. The number of aromatic nitrogens is 3. The van der Waals surface area contributed by atoms with Crippen molar-refractivity contribution in [2.24, 2.45) is 7.05 Å². The van der Waals surface area contributed by atoms with Crippen LogP contribution >= 0.6 is 15.9 Å². The fourth-order valence-electron chi connectivity index (χ4n) is 0.336. The van der Waals surface area contributed by atoms with Gasteiger partial charge >= 0.3 is 6.08 Å². The fourth-order valence-corrected chi connectivity index (χ4v) is 0.562. The van der Waals surface area contributed by atoms with E-state index in [4.69, 9.17) is 0 Å². The second-order valence-electron chi connectivity index (χ2n) is 1.27. The van der Waals surface area contributed by atoms with Gasteiger partial charge in [0.15, 0.2) is 4.73 Å². The van der Waals surface area contributed by atoms with Gasteiger partial charge in [-0.25, -0.2) is 4.68 Å². The summed E-state index contributed by atoms with van der Waals surface area (Å²) in [6.07, 6.45) is -0.709. The van der Waals surface area contributed by atoms with Crippen molar-refractivity contribution in [1.82, 2.24) is 14.8 Å². The Bertz CT molecular complexity index is 177. The second-order valence-corrected chi connectivity index (χ2v) is 1.98. The number of hydrogen-bond donors (Lipinski definition) is 0. The molecule has 0 unspecified atom stereocenters. The van der Waals surface area contributed by atoms with Crippen LogP contribution in [0.3, 0.4) is 0 Å². The van der Waals surface area contributed by atoms with Gasteiger partial charge in [0, 0.05) is 7.05 Å². The average molecular weight is 180 g/mol. The van der Waals surface area contributed by atoms with E-state index < -0.39 is 6.08 Å². The third-order valence-corrected chi connectivity index (χ3v) is 1.37. The smallest absolute Gasteiger partial charge is 0.241 e. The average Bonchev–Trinajstić information content (AvgIpc) is 1.85. The van der Waals surface area contributed by atoms with E-state index in [1.54, 1.807) is 7.05 Å². The Morgan fingerprint density at radius 3 is 2.50 bits per heavy atom. The van der Waals surface area contributed by atoms with E-state index in [1.165, 1.54) is 4.68 Å². The van der Waals surface area contributed by atoms with Crippen LogP contribution in [-0.2, 0) is 7.05 Å². The largest absolute Gasteiger partial charge is 0.328 e. The SMILES string of the molecule is Cn1nc(F)nc1Br. The van der Waals surface area contributed by atoms with Crippen LogP contribution in [0, 0.1) is 6.08 Å². The molecule has 0 aromatic carbocycles. The lowest BCUT2D eigenvalue weighted by atomic mass is 11.2. The Labute approximate surface area is 53.7 Å². The fraction of sp³-hybridized carbons (Fsp3) is 0.333. The van der Waals surface area contributed by atoms with Crippen molar-refractivity contribution in [3.8, 4) is 0 Å². The number of rotatable bonds is 0. The zero-order valence-corrected chi connectivity index (χ0v) is 5.68. The van der Waals surface area contributed by atoms with Gasteiger partial charge in [-0.3, -0.25) is 0 Å². The summed E-state index contributed by atoms with van der Waals surface area (Å²) in [6.45, 7) is 0. The van der Waals surface area contributed by atoms with E-state index >= 15 is 0 Å². The lowest BCUT2D eigenvalue weighted by Crippen LogP contribution is -1.89. The molecule has 44 valence electrons. The first kappa shape index (κ1) is 5.68. The van der Waals surface area contributed by atoms with Crippen LogP contribution in [0.5, 0.6) is 0 Å². The van der Waals surface area contributed by atoms with Gasteiger partial charge in [-0.2, -0.15) is 9.37 Å². The molecule has 0 bridgehead atoms. The molecule has 1 aromatic rings. The van der Waals surface area contributed by atoms with E-state index in [-0.39, 0.29) is 0 Å². The molecule has 0 atom stereocenters. The summed E-state index contributed by atoms with van der Waals surface area (Å²) >= 11 is 2.97. The van der Waals surface area contributed by atoms with Crippen LogP contribution < -0.4 is 0 Å². The van der Waals surface area contributed by atoms with Crippen LogP contribution in [-0.4, -0.2) is 14.8 Å².